The van der Waals surface area contributed by atoms with Gasteiger partial charge in [0.25, 0.3) is 0 Å². The number of carbonyl (C=O) groups is 1. The first-order chi connectivity index (χ1) is 7.67. The summed E-state index contributed by atoms with van der Waals surface area (Å²) in [6.45, 7) is 8.72. The van der Waals surface area contributed by atoms with Gasteiger partial charge in [-0.05, 0) is 13.0 Å². The van der Waals surface area contributed by atoms with Crippen LogP contribution in [-0.2, 0) is 0 Å². The maximum absolute atomic E-state index is 10.4. The van der Waals surface area contributed by atoms with E-state index in [-0.39, 0.29) is 0 Å². The van der Waals surface area contributed by atoms with Gasteiger partial charge in [-0.1, -0.05) is 13.2 Å². The minimum Gasteiger partial charge on any atom is -0.314 e. The topological polar surface area (TPSA) is 59.6 Å². The van der Waals surface area contributed by atoms with Gasteiger partial charge in [0, 0.05) is 18.6 Å². The monoisotopic (exact) mass is 216 g/mol. The van der Waals surface area contributed by atoms with Crippen molar-refractivity contribution < 1.29 is 4.79 Å². The van der Waals surface area contributed by atoms with Crippen molar-refractivity contribution in [3.63, 3.8) is 0 Å². The lowest BCUT2D eigenvalue weighted by Gasteiger charge is -1.83. The molecule has 2 rings (SSSR count). The van der Waals surface area contributed by atoms with Gasteiger partial charge in [0.1, 0.15) is 0 Å². The maximum atomic E-state index is 10.4. The van der Waals surface area contributed by atoms with Gasteiger partial charge >= 0.3 is 6.03 Å². The molecular weight excluding hydrogens is 204 g/mol. The molecule has 0 atom stereocenters. The number of hydrogen-bond acceptors (Lipinski definition) is 2. The van der Waals surface area contributed by atoms with Crippen molar-refractivity contribution >= 4 is 23.7 Å². The molecule has 5 heteroatoms. The van der Waals surface area contributed by atoms with Crippen LogP contribution in [0.15, 0.2) is 47.9 Å². The number of allylic oxidation sites excluding steroid dienone is 1. The van der Waals surface area contributed by atoms with Crippen LogP contribution in [-0.4, -0.2) is 27.0 Å². The molecule has 0 N–H and O–H groups in total. The van der Waals surface area contributed by atoms with Crippen LogP contribution in [0.2, 0.25) is 0 Å². The van der Waals surface area contributed by atoms with Crippen molar-refractivity contribution in [2.24, 2.45) is 9.98 Å². The molecule has 1 aromatic heterocycles. The number of amides is 2. The summed E-state index contributed by atoms with van der Waals surface area (Å²) in [7, 11) is 0. The Kier molecular flexibility index (Phi) is 4.08. The summed E-state index contributed by atoms with van der Waals surface area (Å²) >= 11 is 0. The van der Waals surface area contributed by atoms with Crippen molar-refractivity contribution in [3.8, 4) is 0 Å². The first-order valence-corrected chi connectivity index (χ1v) is 4.58. The molecule has 0 saturated carbocycles. The molecule has 0 bridgehead atoms. The lowest BCUT2D eigenvalue weighted by Crippen LogP contribution is -2.00. The van der Waals surface area contributed by atoms with E-state index in [0.29, 0.717) is 11.4 Å². The summed E-state index contributed by atoms with van der Waals surface area (Å²) in [5.74, 6) is 0. The van der Waals surface area contributed by atoms with E-state index >= 15 is 0 Å². The van der Waals surface area contributed by atoms with Gasteiger partial charge in [-0.3, -0.25) is 0 Å². The third kappa shape index (κ3) is 3.13. The number of aromatic nitrogens is 2. The van der Waals surface area contributed by atoms with Gasteiger partial charge in [-0.15, -0.1) is 0 Å². The second-order valence-electron chi connectivity index (χ2n) is 2.87. The van der Waals surface area contributed by atoms with E-state index in [1.54, 1.807) is 30.2 Å². The smallest absolute Gasteiger partial charge is 0.314 e. The van der Waals surface area contributed by atoms with Crippen LogP contribution < -0.4 is 0 Å². The summed E-state index contributed by atoms with van der Waals surface area (Å²) in [6.07, 6.45) is 8.43. The molecule has 0 fully saturated rings. The van der Waals surface area contributed by atoms with E-state index < -0.39 is 6.03 Å². The highest BCUT2D eigenvalue weighted by molar-refractivity contribution is 6.50. The van der Waals surface area contributed by atoms with Crippen molar-refractivity contribution in [3.05, 3.63) is 38.0 Å². The molecule has 0 saturated heterocycles. The molecule has 16 heavy (non-hydrogen) atoms. The van der Waals surface area contributed by atoms with Crippen LogP contribution in [0.5, 0.6) is 0 Å². The Morgan fingerprint density at radius 3 is 2.38 bits per heavy atom. The largest absolute Gasteiger partial charge is 0.367 e. The molecular formula is C11H12N4O. The van der Waals surface area contributed by atoms with Crippen LogP contribution in [0, 0.1) is 0 Å². The SMILES string of the molecule is C=CC1=NC(=O)N=C1C.C=Cn1ccnc1. The molecule has 82 valence electrons. The number of hydrogen-bond donors (Lipinski definition) is 0. The number of urea groups is 1. The van der Waals surface area contributed by atoms with Crippen molar-refractivity contribution in [1.29, 1.82) is 0 Å². The Morgan fingerprint density at radius 1 is 1.38 bits per heavy atom. The minimum absolute atomic E-state index is 0.428. The average molecular weight is 216 g/mol. The normalized spacial score (nSPS) is 13.4. The second-order valence-corrected chi connectivity index (χ2v) is 2.87. The first kappa shape index (κ1) is 11.8. The van der Waals surface area contributed by atoms with E-state index in [9.17, 15) is 4.79 Å². The molecule has 5 nitrogen and oxygen atoms in total. The summed E-state index contributed by atoms with van der Waals surface area (Å²) < 4.78 is 1.78. The lowest BCUT2D eigenvalue weighted by atomic mass is 10.3. The highest BCUT2D eigenvalue weighted by Gasteiger charge is 2.10. The molecule has 0 radical (unpaired) electrons. The van der Waals surface area contributed by atoms with Gasteiger partial charge in [0.05, 0.1) is 17.8 Å². The first-order valence-electron chi connectivity index (χ1n) is 4.58. The second kappa shape index (κ2) is 5.55. The summed E-state index contributed by atoms with van der Waals surface area (Å²) in [5.41, 5.74) is 1.23. The molecule has 0 aliphatic carbocycles. The zero-order chi connectivity index (χ0) is 12.0. The molecule has 1 aromatic rings. The Hall–Kier alpha value is -2.30. The van der Waals surface area contributed by atoms with Gasteiger partial charge < -0.3 is 4.57 Å². The van der Waals surface area contributed by atoms with Crippen LogP contribution >= 0.6 is 0 Å². The molecule has 0 spiro atoms. The zero-order valence-corrected chi connectivity index (χ0v) is 9.00. The van der Waals surface area contributed by atoms with Crippen molar-refractivity contribution in [2.75, 3.05) is 0 Å². The predicted molar refractivity (Wildman–Crippen MR) is 64.8 cm³/mol. The van der Waals surface area contributed by atoms with E-state index in [1.165, 1.54) is 6.08 Å². The molecule has 2 amide bonds. The molecule has 1 aliphatic heterocycles. The Labute approximate surface area is 93.6 Å². The number of rotatable bonds is 2. The molecule has 1 aliphatic rings. The molecule has 0 unspecified atom stereocenters. The average Bonchev–Trinajstić information content (AvgIpc) is 2.88. The van der Waals surface area contributed by atoms with E-state index in [1.807, 2.05) is 6.20 Å². The van der Waals surface area contributed by atoms with E-state index in [4.69, 9.17) is 0 Å². The minimum atomic E-state index is -0.428. The van der Waals surface area contributed by atoms with Gasteiger partial charge in [-0.25, -0.2) is 9.78 Å². The summed E-state index contributed by atoms with van der Waals surface area (Å²) in [6, 6.07) is -0.428. The summed E-state index contributed by atoms with van der Waals surface area (Å²) in [4.78, 5) is 21.3. The number of imidazole rings is 1. The van der Waals surface area contributed by atoms with Gasteiger partial charge in [0.2, 0.25) is 0 Å². The van der Waals surface area contributed by atoms with Crippen LogP contribution in [0.3, 0.4) is 0 Å². The Bertz CT molecular complexity index is 454. The number of carbonyl (C=O) groups excluding carboxylic acids is 1. The van der Waals surface area contributed by atoms with Crippen LogP contribution in [0.1, 0.15) is 6.92 Å². The third-order valence-corrected chi connectivity index (χ3v) is 1.78. The standard InChI is InChI=1S/C6H6N2O.C5H6N2/c1-3-5-4(2)7-6(9)8-5;1-2-7-4-3-6-5-7/h3H,1H2,2H3;2-5H,1H2. The fraction of sp³-hybridized carbons (Fsp3) is 0.0909. The highest BCUT2D eigenvalue weighted by Crippen LogP contribution is 1.98. The molecule has 2 heterocycles. The van der Waals surface area contributed by atoms with Crippen molar-refractivity contribution in [1.82, 2.24) is 9.55 Å². The Morgan fingerprint density at radius 2 is 2.12 bits per heavy atom. The zero-order valence-electron chi connectivity index (χ0n) is 9.00. The Balaban J connectivity index is 0.000000165. The van der Waals surface area contributed by atoms with Gasteiger partial charge in [0.15, 0.2) is 0 Å². The third-order valence-electron chi connectivity index (χ3n) is 1.78. The number of aliphatic imine (C=N–C) groups is 2. The maximum Gasteiger partial charge on any atom is 0.367 e. The van der Waals surface area contributed by atoms with E-state index in [0.717, 1.165) is 0 Å². The quantitative estimate of drug-likeness (QED) is 0.760. The fourth-order valence-electron chi connectivity index (χ4n) is 0.980. The number of nitrogens with zero attached hydrogens (tertiary/aromatic N) is 4. The van der Waals surface area contributed by atoms with Crippen molar-refractivity contribution in [2.45, 2.75) is 6.92 Å². The van der Waals surface area contributed by atoms with Crippen LogP contribution in [0.4, 0.5) is 4.79 Å². The lowest BCUT2D eigenvalue weighted by molar-refractivity contribution is 0.257. The summed E-state index contributed by atoms with van der Waals surface area (Å²) in [5, 5.41) is 0. The molecule has 0 aromatic carbocycles. The van der Waals surface area contributed by atoms with E-state index in [2.05, 4.69) is 28.1 Å². The van der Waals surface area contributed by atoms with Gasteiger partial charge in [-0.2, -0.15) is 9.98 Å². The predicted octanol–water partition coefficient (Wildman–Crippen LogP) is 2.19. The highest BCUT2D eigenvalue weighted by atomic mass is 16.2. The van der Waals surface area contributed by atoms with Crippen LogP contribution in [0.25, 0.3) is 6.20 Å². The fourth-order valence-corrected chi connectivity index (χ4v) is 0.980.